The van der Waals surface area contributed by atoms with Crippen LogP contribution in [0.15, 0.2) is 18.2 Å². The lowest BCUT2D eigenvalue weighted by atomic mass is 9.98. The number of nitrogens with zero attached hydrogens (tertiary/aromatic N) is 1. The first-order valence-corrected chi connectivity index (χ1v) is 6.59. The molecule has 6 nitrogen and oxygen atoms in total. The third-order valence-corrected chi connectivity index (χ3v) is 3.46. The molecule has 0 fully saturated rings. The van der Waals surface area contributed by atoms with Crippen molar-refractivity contribution in [2.24, 2.45) is 5.73 Å². The van der Waals surface area contributed by atoms with Gasteiger partial charge < -0.3 is 21.1 Å². The molecule has 0 bridgehead atoms. The second-order valence-corrected chi connectivity index (χ2v) is 5.10. The lowest BCUT2D eigenvalue weighted by Gasteiger charge is -2.27. The van der Waals surface area contributed by atoms with Crippen molar-refractivity contribution in [2.45, 2.75) is 31.8 Å². The van der Waals surface area contributed by atoms with Crippen molar-refractivity contribution < 1.29 is 14.7 Å². The fourth-order valence-electron chi connectivity index (χ4n) is 2.27. The molecule has 6 heteroatoms. The monoisotopic (exact) mass is 277 g/mol. The molecule has 1 aromatic rings. The van der Waals surface area contributed by atoms with Crippen LogP contribution >= 0.6 is 0 Å². The van der Waals surface area contributed by atoms with Crippen molar-refractivity contribution >= 4 is 17.7 Å². The summed E-state index contributed by atoms with van der Waals surface area (Å²) in [6.45, 7) is 0.552. The number of aliphatic carboxylic acids is 1. The van der Waals surface area contributed by atoms with Crippen LogP contribution in [0.5, 0.6) is 0 Å². The van der Waals surface area contributed by atoms with Crippen LogP contribution in [0, 0.1) is 0 Å². The highest BCUT2D eigenvalue weighted by Gasteiger charge is 2.20. The zero-order valence-electron chi connectivity index (χ0n) is 11.4. The van der Waals surface area contributed by atoms with Gasteiger partial charge in [-0.15, -0.1) is 0 Å². The second-order valence-electron chi connectivity index (χ2n) is 5.10. The summed E-state index contributed by atoms with van der Waals surface area (Å²) in [6.07, 6.45) is 1.33. The molecule has 1 aliphatic heterocycles. The molecule has 0 aliphatic carbocycles. The number of nitrogens with one attached hydrogen (secondary N) is 1. The number of nitrogens with two attached hydrogens (primary N) is 1. The summed E-state index contributed by atoms with van der Waals surface area (Å²) in [4.78, 5) is 23.6. The van der Waals surface area contributed by atoms with Crippen LogP contribution in [0.1, 0.15) is 36.4 Å². The molecule has 0 radical (unpaired) electrons. The van der Waals surface area contributed by atoms with Crippen LogP contribution in [-0.2, 0) is 11.3 Å². The van der Waals surface area contributed by atoms with Gasteiger partial charge in [0, 0.05) is 31.7 Å². The summed E-state index contributed by atoms with van der Waals surface area (Å²) in [5.41, 5.74) is 8.89. The average molecular weight is 277 g/mol. The Kier molecular flexibility index (Phi) is 4.24. The summed E-state index contributed by atoms with van der Waals surface area (Å²) in [5.74, 6) is -0.799. The number of benzene rings is 1. The number of carbonyl (C=O) groups excluding carboxylic acids is 1. The molecule has 0 spiro atoms. The van der Waals surface area contributed by atoms with Crippen molar-refractivity contribution in [2.75, 3.05) is 12.4 Å². The van der Waals surface area contributed by atoms with Crippen LogP contribution in [0.2, 0.25) is 0 Å². The van der Waals surface area contributed by atoms with Gasteiger partial charge in [-0.2, -0.15) is 0 Å². The van der Waals surface area contributed by atoms with E-state index in [1.807, 2.05) is 18.2 Å². The van der Waals surface area contributed by atoms with Crippen molar-refractivity contribution in [3.8, 4) is 0 Å². The number of urea groups is 1. The predicted molar refractivity (Wildman–Crippen MR) is 75.3 cm³/mol. The molecule has 1 unspecified atom stereocenters. The lowest BCUT2D eigenvalue weighted by molar-refractivity contribution is -0.137. The number of carboxylic acid groups (broad SMARTS) is 1. The Balaban J connectivity index is 2.05. The van der Waals surface area contributed by atoms with Gasteiger partial charge in [-0.1, -0.05) is 12.1 Å². The molecule has 1 aliphatic rings. The van der Waals surface area contributed by atoms with Crippen LogP contribution in [-0.4, -0.2) is 29.1 Å². The summed E-state index contributed by atoms with van der Waals surface area (Å²) < 4.78 is 0. The molecular weight excluding hydrogens is 258 g/mol. The van der Waals surface area contributed by atoms with Crippen LogP contribution in [0.4, 0.5) is 10.5 Å². The zero-order chi connectivity index (χ0) is 14.7. The van der Waals surface area contributed by atoms with Gasteiger partial charge in [0.25, 0.3) is 0 Å². The highest BCUT2D eigenvalue weighted by atomic mass is 16.4. The summed E-state index contributed by atoms with van der Waals surface area (Å²) in [7, 11) is 1.73. The Morgan fingerprint density at radius 2 is 2.30 bits per heavy atom. The van der Waals surface area contributed by atoms with Crippen LogP contribution in [0.25, 0.3) is 0 Å². The quantitative estimate of drug-likeness (QED) is 0.766. The number of amides is 2. The smallest absolute Gasteiger partial charge is 0.321 e. The SMILES string of the molecule is CN1Cc2cc(C(N)CCCC(=O)O)ccc2NC1=O. The second kappa shape index (κ2) is 5.92. The largest absolute Gasteiger partial charge is 0.481 e. The van der Waals surface area contributed by atoms with Gasteiger partial charge in [0.2, 0.25) is 0 Å². The molecule has 108 valence electrons. The number of rotatable bonds is 5. The van der Waals surface area contributed by atoms with E-state index >= 15 is 0 Å². The Bertz CT molecular complexity index is 530. The molecule has 2 rings (SSSR count). The molecule has 0 saturated carbocycles. The first-order chi connectivity index (χ1) is 9.47. The molecule has 1 atom stereocenters. The van der Waals surface area contributed by atoms with Gasteiger partial charge in [0.1, 0.15) is 0 Å². The third-order valence-electron chi connectivity index (χ3n) is 3.46. The lowest BCUT2D eigenvalue weighted by Crippen LogP contribution is -2.35. The molecule has 0 aromatic heterocycles. The predicted octanol–water partition coefficient (Wildman–Crippen LogP) is 1.92. The minimum Gasteiger partial charge on any atom is -0.481 e. The van der Waals surface area contributed by atoms with E-state index in [0.29, 0.717) is 19.4 Å². The Labute approximate surface area is 117 Å². The van der Waals surface area contributed by atoms with Gasteiger partial charge >= 0.3 is 12.0 Å². The summed E-state index contributed by atoms with van der Waals surface area (Å²) in [5, 5.41) is 11.4. The number of carbonyl (C=O) groups is 2. The van der Waals surface area contributed by atoms with Gasteiger partial charge in [-0.25, -0.2) is 4.79 Å². The van der Waals surface area contributed by atoms with E-state index in [1.165, 1.54) is 0 Å². The molecule has 1 aromatic carbocycles. The third kappa shape index (κ3) is 3.27. The summed E-state index contributed by atoms with van der Waals surface area (Å²) in [6, 6.07) is 5.43. The summed E-state index contributed by atoms with van der Waals surface area (Å²) >= 11 is 0. The van der Waals surface area contributed by atoms with E-state index < -0.39 is 5.97 Å². The van der Waals surface area contributed by atoms with E-state index in [-0.39, 0.29) is 18.5 Å². The standard InChI is InChI=1S/C14H19N3O3/c1-17-8-10-7-9(5-6-12(10)16-14(17)20)11(15)3-2-4-13(18)19/h5-7,11H,2-4,8,15H2,1H3,(H,16,20)(H,18,19). The van der Waals surface area contributed by atoms with E-state index in [4.69, 9.17) is 10.8 Å². The van der Waals surface area contributed by atoms with Gasteiger partial charge in [0.05, 0.1) is 0 Å². The number of hydrogen-bond donors (Lipinski definition) is 3. The minimum atomic E-state index is -0.799. The molecule has 1 heterocycles. The van der Waals surface area contributed by atoms with Crippen molar-refractivity contribution in [1.82, 2.24) is 4.90 Å². The highest BCUT2D eigenvalue weighted by molar-refractivity contribution is 5.92. The van der Waals surface area contributed by atoms with E-state index in [2.05, 4.69) is 5.32 Å². The average Bonchev–Trinajstić information content (AvgIpc) is 2.39. The van der Waals surface area contributed by atoms with E-state index in [0.717, 1.165) is 16.8 Å². The Morgan fingerprint density at radius 3 is 3.00 bits per heavy atom. The maximum atomic E-state index is 11.5. The number of anilines is 1. The molecule has 20 heavy (non-hydrogen) atoms. The van der Waals surface area contributed by atoms with Crippen LogP contribution in [0.3, 0.4) is 0 Å². The fraction of sp³-hybridized carbons (Fsp3) is 0.429. The Morgan fingerprint density at radius 1 is 1.55 bits per heavy atom. The van der Waals surface area contributed by atoms with Crippen LogP contribution < -0.4 is 11.1 Å². The van der Waals surface area contributed by atoms with Gasteiger partial charge in [0.15, 0.2) is 0 Å². The zero-order valence-corrected chi connectivity index (χ0v) is 11.4. The molecular formula is C14H19N3O3. The maximum Gasteiger partial charge on any atom is 0.321 e. The van der Waals surface area contributed by atoms with Crippen molar-refractivity contribution in [3.63, 3.8) is 0 Å². The minimum absolute atomic E-state index is 0.115. The maximum absolute atomic E-state index is 11.5. The first-order valence-electron chi connectivity index (χ1n) is 6.59. The molecule has 4 N–H and O–H groups in total. The normalized spacial score (nSPS) is 15.5. The molecule has 0 saturated heterocycles. The first kappa shape index (κ1) is 14.3. The topological polar surface area (TPSA) is 95.7 Å². The fourth-order valence-corrected chi connectivity index (χ4v) is 2.27. The van der Waals surface area contributed by atoms with Gasteiger partial charge in [-0.05, 0) is 30.0 Å². The number of hydrogen-bond acceptors (Lipinski definition) is 3. The molecule has 2 amide bonds. The number of carboxylic acids is 1. The van der Waals surface area contributed by atoms with Gasteiger partial charge in [-0.3, -0.25) is 4.79 Å². The Hall–Kier alpha value is -2.08. The van der Waals surface area contributed by atoms with Crippen molar-refractivity contribution in [3.05, 3.63) is 29.3 Å². The highest BCUT2D eigenvalue weighted by Crippen LogP contribution is 2.27. The van der Waals surface area contributed by atoms with E-state index in [1.54, 1.807) is 11.9 Å². The van der Waals surface area contributed by atoms with E-state index in [9.17, 15) is 9.59 Å². The van der Waals surface area contributed by atoms with Crippen molar-refractivity contribution in [1.29, 1.82) is 0 Å². The number of fused-ring (bicyclic) bond motifs is 1.